The lowest BCUT2D eigenvalue weighted by Gasteiger charge is -2.28. The third kappa shape index (κ3) is 4.48. The van der Waals surface area contributed by atoms with Gasteiger partial charge in [-0.25, -0.2) is 4.98 Å². The Hall–Kier alpha value is -2.89. The van der Waals surface area contributed by atoms with Crippen LogP contribution in [0.5, 0.6) is 5.75 Å². The normalized spacial score (nSPS) is 16.5. The predicted octanol–water partition coefficient (Wildman–Crippen LogP) is 5.01. The highest BCUT2D eigenvalue weighted by Gasteiger charge is 2.31. The molecule has 0 spiro atoms. The summed E-state index contributed by atoms with van der Waals surface area (Å²) in [5.41, 5.74) is 3.21. The lowest BCUT2D eigenvalue weighted by Crippen LogP contribution is -2.31. The molecular formula is C27H36N4O2. The number of anilines is 1. The number of nitrogens with zero attached hydrogens (tertiary/aromatic N) is 3. The number of carbonyl (C=O) groups is 1. The van der Waals surface area contributed by atoms with E-state index in [4.69, 9.17) is 10.4 Å². The van der Waals surface area contributed by atoms with Crippen molar-refractivity contribution in [2.75, 3.05) is 24.5 Å². The molecule has 1 fully saturated rings. The van der Waals surface area contributed by atoms with E-state index >= 15 is 0 Å². The third-order valence-electron chi connectivity index (χ3n) is 6.68. The van der Waals surface area contributed by atoms with Gasteiger partial charge in [0.2, 0.25) is 0 Å². The Kier molecular flexibility index (Phi) is 5.75. The zero-order valence-electron chi connectivity index (χ0n) is 20.7. The lowest BCUT2D eigenvalue weighted by atomic mass is 9.78. The number of Topliss-reactive ketones (excluding diaryl/α,β-unsaturated/α-hetero) is 1. The summed E-state index contributed by atoms with van der Waals surface area (Å²) in [6.45, 7) is 14.9. The Morgan fingerprint density at radius 1 is 1.03 bits per heavy atom. The molecular weight excluding hydrogens is 412 g/mol. The summed E-state index contributed by atoms with van der Waals surface area (Å²) in [4.78, 5) is 22.2. The van der Waals surface area contributed by atoms with Crippen LogP contribution in [0.15, 0.2) is 24.3 Å². The molecule has 2 aliphatic heterocycles. The van der Waals surface area contributed by atoms with E-state index in [0.29, 0.717) is 23.6 Å². The van der Waals surface area contributed by atoms with Gasteiger partial charge in [-0.05, 0) is 41.9 Å². The van der Waals surface area contributed by atoms with Crippen LogP contribution in [0, 0.1) is 5.41 Å². The van der Waals surface area contributed by atoms with Crippen LogP contribution >= 0.6 is 0 Å². The molecule has 6 heteroatoms. The fourth-order valence-electron chi connectivity index (χ4n) is 4.71. The summed E-state index contributed by atoms with van der Waals surface area (Å²) in [6, 6.07) is 7.73. The van der Waals surface area contributed by atoms with Crippen molar-refractivity contribution >= 4 is 17.4 Å². The van der Waals surface area contributed by atoms with Crippen molar-refractivity contribution in [1.29, 1.82) is 5.41 Å². The number of rotatable bonds is 4. The van der Waals surface area contributed by atoms with Crippen molar-refractivity contribution in [3.8, 4) is 5.75 Å². The van der Waals surface area contributed by atoms with E-state index in [0.717, 1.165) is 35.6 Å². The maximum absolute atomic E-state index is 13.4. The number of phenolic OH excluding ortho intramolecular Hbond substituents is 1. The number of benzene rings is 1. The van der Waals surface area contributed by atoms with Crippen LogP contribution in [0.1, 0.15) is 87.1 Å². The van der Waals surface area contributed by atoms with E-state index in [-0.39, 0.29) is 28.9 Å². The molecule has 0 bridgehead atoms. The van der Waals surface area contributed by atoms with E-state index in [1.165, 1.54) is 12.8 Å². The molecule has 3 heterocycles. The SMILES string of the molecule is CC(C)(C)c1cc(C(=O)CN2Cc3ccc(N4CCCC4)nc3C2=N)cc(C(C)(C)C)c1O. The maximum Gasteiger partial charge on any atom is 0.182 e. The predicted molar refractivity (Wildman–Crippen MR) is 133 cm³/mol. The van der Waals surface area contributed by atoms with Crippen molar-refractivity contribution < 1.29 is 9.90 Å². The summed E-state index contributed by atoms with van der Waals surface area (Å²) >= 11 is 0. The summed E-state index contributed by atoms with van der Waals surface area (Å²) in [6.07, 6.45) is 2.35. The van der Waals surface area contributed by atoms with Crippen LogP contribution in [-0.4, -0.2) is 46.2 Å². The first-order chi connectivity index (χ1) is 15.4. The summed E-state index contributed by atoms with van der Waals surface area (Å²) in [5.74, 6) is 1.45. The van der Waals surface area contributed by atoms with Crippen molar-refractivity contribution in [2.45, 2.75) is 71.8 Å². The Labute approximate surface area is 197 Å². The standard InChI is InChI=1S/C27H36N4O2/c1-26(2,3)19-13-18(14-20(24(19)33)27(4,5)6)21(32)16-31-15-17-9-10-22(29-23(17)25(31)28)30-11-7-8-12-30/h9-10,13-14,28,33H,7-8,11-12,15-16H2,1-6H3. The number of hydrogen-bond acceptors (Lipinski definition) is 5. The molecule has 176 valence electrons. The molecule has 0 atom stereocenters. The first-order valence-corrected chi connectivity index (χ1v) is 11.9. The Balaban J connectivity index is 1.60. The van der Waals surface area contributed by atoms with E-state index in [1.54, 1.807) is 4.90 Å². The largest absolute Gasteiger partial charge is 0.507 e. The average molecular weight is 449 g/mol. The molecule has 0 radical (unpaired) electrons. The molecule has 2 N–H and O–H groups in total. The minimum Gasteiger partial charge on any atom is -0.507 e. The molecule has 0 aliphatic carbocycles. The van der Waals surface area contributed by atoms with Gasteiger partial charge in [-0.3, -0.25) is 10.2 Å². The quantitative estimate of drug-likeness (QED) is 0.643. The highest BCUT2D eigenvalue weighted by molar-refractivity contribution is 6.04. The summed E-state index contributed by atoms with van der Waals surface area (Å²) < 4.78 is 0. The second-order valence-electron chi connectivity index (χ2n) is 11.4. The fourth-order valence-corrected chi connectivity index (χ4v) is 4.71. The number of phenols is 1. The van der Waals surface area contributed by atoms with Gasteiger partial charge < -0.3 is 14.9 Å². The Morgan fingerprint density at radius 2 is 1.61 bits per heavy atom. The van der Waals surface area contributed by atoms with Crippen LogP contribution in [0.25, 0.3) is 0 Å². The average Bonchev–Trinajstić information content (AvgIpc) is 3.35. The molecule has 0 saturated carbocycles. The minimum atomic E-state index is -0.299. The molecule has 1 aromatic carbocycles. The fraction of sp³-hybridized carbons (Fsp3) is 0.519. The van der Waals surface area contributed by atoms with Crippen LogP contribution in [0.3, 0.4) is 0 Å². The maximum atomic E-state index is 13.4. The van der Waals surface area contributed by atoms with Crippen LogP contribution in [0.4, 0.5) is 5.82 Å². The number of aromatic nitrogens is 1. The molecule has 2 aliphatic rings. The van der Waals surface area contributed by atoms with Gasteiger partial charge in [0.05, 0.1) is 6.54 Å². The third-order valence-corrected chi connectivity index (χ3v) is 6.68. The summed E-state index contributed by atoms with van der Waals surface area (Å²) in [7, 11) is 0. The highest BCUT2D eigenvalue weighted by atomic mass is 16.3. The number of aromatic hydroxyl groups is 1. The molecule has 1 aromatic heterocycles. The van der Waals surface area contributed by atoms with Gasteiger partial charge in [-0.15, -0.1) is 0 Å². The number of ketones is 1. The lowest BCUT2D eigenvalue weighted by molar-refractivity contribution is 0.0962. The number of pyridine rings is 1. The number of amidine groups is 1. The second kappa shape index (κ2) is 8.15. The van der Waals surface area contributed by atoms with Crippen molar-refractivity contribution in [2.24, 2.45) is 0 Å². The van der Waals surface area contributed by atoms with Crippen LogP contribution in [-0.2, 0) is 17.4 Å². The van der Waals surface area contributed by atoms with Crippen molar-refractivity contribution in [3.63, 3.8) is 0 Å². The first kappa shape index (κ1) is 23.3. The second-order valence-corrected chi connectivity index (χ2v) is 11.4. The number of carbonyl (C=O) groups excluding carboxylic acids is 1. The first-order valence-electron chi connectivity index (χ1n) is 11.9. The van der Waals surface area contributed by atoms with Gasteiger partial charge in [-0.1, -0.05) is 47.6 Å². The molecule has 0 unspecified atom stereocenters. The number of nitrogens with one attached hydrogen (secondary N) is 1. The molecule has 33 heavy (non-hydrogen) atoms. The topological polar surface area (TPSA) is 80.5 Å². The van der Waals surface area contributed by atoms with Crippen molar-refractivity contribution in [3.05, 3.63) is 52.2 Å². The minimum absolute atomic E-state index is 0.0525. The van der Waals surface area contributed by atoms with Gasteiger partial charge in [-0.2, -0.15) is 0 Å². The van der Waals surface area contributed by atoms with Crippen LogP contribution in [0.2, 0.25) is 0 Å². The molecule has 1 saturated heterocycles. The van der Waals surface area contributed by atoms with Gasteiger partial charge in [0.15, 0.2) is 5.78 Å². The van der Waals surface area contributed by atoms with Gasteiger partial charge >= 0.3 is 0 Å². The van der Waals surface area contributed by atoms with E-state index in [9.17, 15) is 9.90 Å². The molecule has 0 amide bonds. The monoisotopic (exact) mass is 448 g/mol. The molecule has 4 rings (SSSR count). The Morgan fingerprint density at radius 3 is 2.15 bits per heavy atom. The van der Waals surface area contributed by atoms with E-state index in [2.05, 4.69) is 4.90 Å². The summed E-state index contributed by atoms with van der Waals surface area (Å²) in [5, 5.41) is 19.6. The molecule has 2 aromatic rings. The number of fused-ring (bicyclic) bond motifs is 1. The van der Waals surface area contributed by atoms with E-state index < -0.39 is 0 Å². The Bertz CT molecular complexity index is 1070. The highest BCUT2D eigenvalue weighted by Crippen LogP contribution is 2.40. The van der Waals surface area contributed by atoms with Crippen molar-refractivity contribution in [1.82, 2.24) is 9.88 Å². The smallest absolute Gasteiger partial charge is 0.182 e. The zero-order valence-corrected chi connectivity index (χ0v) is 20.7. The van der Waals surface area contributed by atoms with Gasteiger partial charge in [0.25, 0.3) is 0 Å². The molecule has 6 nitrogen and oxygen atoms in total. The zero-order chi connectivity index (χ0) is 24.1. The van der Waals surface area contributed by atoms with E-state index in [1.807, 2.05) is 65.8 Å². The van der Waals surface area contributed by atoms with Crippen LogP contribution < -0.4 is 4.90 Å². The van der Waals surface area contributed by atoms with Gasteiger partial charge in [0, 0.05) is 41.9 Å². The van der Waals surface area contributed by atoms with Gasteiger partial charge in [0.1, 0.15) is 23.1 Å². The number of hydrogen-bond donors (Lipinski definition) is 2.